The van der Waals surface area contributed by atoms with E-state index >= 15 is 0 Å². The molecule has 0 unspecified atom stereocenters. The van der Waals surface area contributed by atoms with Crippen LogP contribution >= 0.6 is 0 Å². The molecule has 0 spiro atoms. The summed E-state index contributed by atoms with van der Waals surface area (Å²) in [4.78, 5) is 11.3. The average Bonchev–Trinajstić information content (AvgIpc) is 2.28. The standard InChI is InChI=1S/C11H23NO4/c1-3-5-10(12)11(13)16-7-4-6-15-9-8-14-2/h10H,3-9,12H2,1-2H3/t10-/m0/s1. The Hall–Kier alpha value is -0.650. The van der Waals surface area contributed by atoms with Gasteiger partial charge < -0.3 is 19.9 Å². The largest absolute Gasteiger partial charge is 0.464 e. The van der Waals surface area contributed by atoms with Gasteiger partial charge in [-0.2, -0.15) is 0 Å². The Balaban J connectivity index is 3.27. The zero-order chi connectivity index (χ0) is 12.2. The highest BCUT2D eigenvalue weighted by Crippen LogP contribution is 1.96. The maximum Gasteiger partial charge on any atom is 0.322 e. The summed E-state index contributed by atoms with van der Waals surface area (Å²) in [6, 6.07) is -0.487. The van der Waals surface area contributed by atoms with Gasteiger partial charge in [-0.15, -0.1) is 0 Å². The number of hydrogen-bond acceptors (Lipinski definition) is 5. The molecule has 5 nitrogen and oxygen atoms in total. The Kier molecular flexibility index (Phi) is 10.4. The highest BCUT2D eigenvalue weighted by molar-refractivity contribution is 5.75. The third-order valence-electron chi connectivity index (χ3n) is 2.01. The number of carbonyl (C=O) groups is 1. The first kappa shape index (κ1) is 15.3. The lowest BCUT2D eigenvalue weighted by atomic mass is 10.2. The van der Waals surface area contributed by atoms with Crippen LogP contribution in [-0.4, -0.2) is 45.5 Å². The zero-order valence-corrected chi connectivity index (χ0v) is 10.2. The molecule has 0 aliphatic rings. The summed E-state index contributed by atoms with van der Waals surface area (Å²) in [5.74, 6) is -0.321. The highest BCUT2D eigenvalue weighted by Gasteiger charge is 2.12. The number of methoxy groups -OCH3 is 1. The second kappa shape index (κ2) is 10.9. The maximum atomic E-state index is 11.3. The molecule has 16 heavy (non-hydrogen) atoms. The predicted molar refractivity (Wildman–Crippen MR) is 61.2 cm³/mol. The van der Waals surface area contributed by atoms with E-state index in [-0.39, 0.29) is 5.97 Å². The summed E-state index contributed by atoms with van der Waals surface area (Å²) in [6.45, 7) is 4.07. The van der Waals surface area contributed by atoms with Crippen LogP contribution < -0.4 is 5.73 Å². The smallest absolute Gasteiger partial charge is 0.322 e. The third-order valence-corrected chi connectivity index (χ3v) is 2.01. The van der Waals surface area contributed by atoms with Gasteiger partial charge in [0.25, 0.3) is 0 Å². The van der Waals surface area contributed by atoms with Gasteiger partial charge in [0.15, 0.2) is 0 Å². The Morgan fingerprint density at radius 2 is 2.00 bits per heavy atom. The van der Waals surface area contributed by atoms with Crippen LogP contribution in [0, 0.1) is 0 Å². The van der Waals surface area contributed by atoms with Crippen LogP contribution in [-0.2, 0) is 19.0 Å². The van der Waals surface area contributed by atoms with Crippen molar-refractivity contribution in [2.45, 2.75) is 32.2 Å². The fourth-order valence-corrected chi connectivity index (χ4v) is 1.11. The first-order chi connectivity index (χ1) is 7.72. The van der Waals surface area contributed by atoms with Crippen LogP contribution in [0.5, 0.6) is 0 Å². The van der Waals surface area contributed by atoms with Crippen molar-refractivity contribution >= 4 is 5.97 Å². The number of nitrogens with two attached hydrogens (primary N) is 1. The predicted octanol–water partition coefficient (Wildman–Crippen LogP) is 0.710. The third kappa shape index (κ3) is 8.64. The maximum absolute atomic E-state index is 11.3. The van der Waals surface area contributed by atoms with Crippen molar-refractivity contribution in [1.82, 2.24) is 0 Å². The Morgan fingerprint density at radius 3 is 2.62 bits per heavy atom. The summed E-state index contributed by atoms with van der Waals surface area (Å²) in [7, 11) is 1.63. The minimum atomic E-state index is -0.487. The van der Waals surface area contributed by atoms with Gasteiger partial charge in [-0.3, -0.25) is 4.79 Å². The van der Waals surface area contributed by atoms with Crippen LogP contribution in [0.15, 0.2) is 0 Å². The molecule has 0 rings (SSSR count). The van der Waals surface area contributed by atoms with Crippen molar-refractivity contribution in [1.29, 1.82) is 0 Å². The molecule has 0 fully saturated rings. The van der Waals surface area contributed by atoms with Gasteiger partial charge in [0.2, 0.25) is 0 Å². The van der Waals surface area contributed by atoms with Crippen LogP contribution in [0.25, 0.3) is 0 Å². The number of ether oxygens (including phenoxy) is 3. The molecule has 0 amide bonds. The van der Waals surface area contributed by atoms with Crippen molar-refractivity contribution < 1.29 is 19.0 Å². The van der Waals surface area contributed by atoms with E-state index in [0.29, 0.717) is 39.3 Å². The lowest BCUT2D eigenvalue weighted by Gasteiger charge is -2.10. The molecule has 0 saturated carbocycles. The molecule has 0 heterocycles. The molecule has 0 aromatic rings. The lowest BCUT2D eigenvalue weighted by Crippen LogP contribution is -2.32. The molecule has 0 saturated heterocycles. The molecular formula is C11H23NO4. The van der Waals surface area contributed by atoms with E-state index < -0.39 is 6.04 Å². The van der Waals surface area contributed by atoms with Crippen molar-refractivity contribution in [3.63, 3.8) is 0 Å². The summed E-state index contributed by atoms with van der Waals surface area (Å²) in [5.41, 5.74) is 5.59. The Morgan fingerprint density at radius 1 is 1.25 bits per heavy atom. The van der Waals surface area contributed by atoms with Crippen molar-refractivity contribution in [2.24, 2.45) is 5.73 Å². The Bertz CT molecular complexity index is 175. The normalized spacial score (nSPS) is 12.4. The van der Waals surface area contributed by atoms with Crippen LogP contribution in [0.1, 0.15) is 26.2 Å². The first-order valence-corrected chi connectivity index (χ1v) is 5.71. The van der Waals surface area contributed by atoms with Gasteiger partial charge >= 0.3 is 5.97 Å². The van der Waals surface area contributed by atoms with Crippen LogP contribution in [0.4, 0.5) is 0 Å². The SMILES string of the molecule is CCC[C@H](N)C(=O)OCCCOCCOC. The molecule has 2 N–H and O–H groups in total. The fourth-order valence-electron chi connectivity index (χ4n) is 1.11. The van der Waals surface area contributed by atoms with Crippen molar-refractivity contribution in [3.05, 3.63) is 0 Å². The number of hydrogen-bond donors (Lipinski definition) is 1. The molecule has 0 aliphatic carbocycles. The number of rotatable bonds is 10. The zero-order valence-electron chi connectivity index (χ0n) is 10.2. The minimum Gasteiger partial charge on any atom is -0.464 e. The van der Waals surface area contributed by atoms with Gasteiger partial charge in [-0.05, 0) is 6.42 Å². The van der Waals surface area contributed by atoms with Gasteiger partial charge in [0, 0.05) is 20.1 Å². The van der Waals surface area contributed by atoms with Gasteiger partial charge in [0.1, 0.15) is 6.04 Å². The lowest BCUT2D eigenvalue weighted by molar-refractivity contribution is -0.145. The van der Waals surface area contributed by atoms with Gasteiger partial charge in [-0.1, -0.05) is 13.3 Å². The molecule has 1 atom stereocenters. The van der Waals surface area contributed by atoms with E-state index in [9.17, 15) is 4.79 Å². The van der Waals surface area contributed by atoms with Crippen LogP contribution in [0.3, 0.4) is 0 Å². The van der Waals surface area contributed by atoms with E-state index in [1.165, 1.54) is 0 Å². The van der Waals surface area contributed by atoms with E-state index in [4.69, 9.17) is 19.9 Å². The number of esters is 1. The number of carbonyl (C=O) groups excluding carboxylic acids is 1. The molecular weight excluding hydrogens is 210 g/mol. The average molecular weight is 233 g/mol. The first-order valence-electron chi connectivity index (χ1n) is 5.71. The topological polar surface area (TPSA) is 70.8 Å². The molecule has 0 aromatic carbocycles. The quantitative estimate of drug-likeness (QED) is 0.444. The Labute approximate surface area is 97.2 Å². The molecule has 5 heteroatoms. The van der Waals surface area contributed by atoms with Gasteiger partial charge in [-0.25, -0.2) is 0 Å². The second-order valence-electron chi connectivity index (χ2n) is 3.52. The minimum absolute atomic E-state index is 0.321. The second-order valence-corrected chi connectivity index (χ2v) is 3.52. The highest BCUT2D eigenvalue weighted by atomic mass is 16.5. The van der Waals surface area contributed by atoms with Crippen molar-refractivity contribution in [3.8, 4) is 0 Å². The molecule has 96 valence electrons. The molecule has 0 bridgehead atoms. The molecule has 0 aromatic heterocycles. The van der Waals surface area contributed by atoms with E-state index in [1.54, 1.807) is 7.11 Å². The summed E-state index contributed by atoms with van der Waals surface area (Å²) < 4.78 is 15.0. The van der Waals surface area contributed by atoms with Crippen LogP contribution in [0.2, 0.25) is 0 Å². The summed E-state index contributed by atoms with van der Waals surface area (Å²) >= 11 is 0. The van der Waals surface area contributed by atoms with Crippen molar-refractivity contribution in [2.75, 3.05) is 33.5 Å². The molecule has 0 radical (unpaired) electrons. The fraction of sp³-hybridized carbons (Fsp3) is 0.909. The van der Waals surface area contributed by atoms with E-state index in [1.807, 2.05) is 6.92 Å². The van der Waals surface area contributed by atoms with E-state index in [2.05, 4.69) is 0 Å². The van der Waals surface area contributed by atoms with E-state index in [0.717, 1.165) is 6.42 Å². The monoisotopic (exact) mass is 233 g/mol. The summed E-state index contributed by atoms with van der Waals surface area (Å²) in [6.07, 6.45) is 2.24. The van der Waals surface area contributed by atoms with Gasteiger partial charge in [0.05, 0.1) is 19.8 Å². The summed E-state index contributed by atoms with van der Waals surface area (Å²) in [5, 5.41) is 0. The molecule has 0 aliphatic heterocycles.